The van der Waals surface area contributed by atoms with Crippen LogP contribution in [-0.2, 0) is 0 Å². The van der Waals surface area contributed by atoms with Crippen LogP contribution in [0.5, 0.6) is 5.75 Å². The van der Waals surface area contributed by atoms with Gasteiger partial charge in [-0.15, -0.1) is 11.6 Å². The molecule has 0 aliphatic carbocycles. The highest BCUT2D eigenvalue weighted by Gasteiger charge is 2.13. The number of nitrogen functional groups attached to an aromatic ring is 1. The number of benzene rings is 1. The Morgan fingerprint density at radius 1 is 1.54 bits per heavy atom. The molecule has 0 fully saturated rings. The fourth-order valence-electron chi connectivity index (χ4n) is 0.905. The van der Waals surface area contributed by atoms with Crippen LogP contribution in [0.4, 0.5) is 5.69 Å². The van der Waals surface area contributed by atoms with E-state index >= 15 is 0 Å². The average molecular weight is 220 g/mol. The molecule has 1 aromatic rings. The van der Waals surface area contributed by atoms with E-state index in [1.54, 1.807) is 0 Å². The lowest BCUT2D eigenvalue weighted by Gasteiger charge is -2.04. The van der Waals surface area contributed by atoms with Crippen LogP contribution in [0.25, 0.3) is 0 Å². The van der Waals surface area contributed by atoms with E-state index in [1.807, 2.05) is 0 Å². The topological polar surface area (TPSA) is 63.3 Å². The Hall–Kier alpha value is -0.930. The Balaban J connectivity index is 3.28. The first-order chi connectivity index (χ1) is 6.06. The first kappa shape index (κ1) is 10.2. The van der Waals surface area contributed by atoms with Crippen LogP contribution in [0.1, 0.15) is 10.4 Å². The van der Waals surface area contributed by atoms with Crippen LogP contribution < -0.4 is 5.73 Å². The Bertz CT molecular complexity index is 352. The maximum Gasteiger partial charge on any atom is 0.181 e. The second-order valence-corrected chi connectivity index (χ2v) is 3.15. The van der Waals surface area contributed by atoms with Crippen LogP contribution in [0, 0.1) is 0 Å². The number of aromatic hydroxyl groups is 1. The van der Waals surface area contributed by atoms with Gasteiger partial charge in [0.05, 0.1) is 17.1 Å². The predicted octanol–water partition coefficient (Wildman–Crippen LogP) is 2.05. The van der Waals surface area contributed by atoms with Crippen molar-refractivity contribution in [2.24, 2.45) is 0 Å². The van der Waals surface area contributed by atoms with Gasteiger partial charge in [-0.05, 0) is 12.1 Å². The fourth-order valence-corrected chi connectivity index (χ4v) is 1.28. The molecule has 0 heterocycles. The number of phenolic OH excluding ortho intramolecular Hbond substituents is 1. The van der Waals surface area contributed by atoms with Gasteiger partial charge in [0.25, 0.3) is 0 Å². The zero-order chi connectivity index (χ0) is 10.0. The van der Waals surface area contributed by atoms with Gasteiger partial charge in [-0.25, -0.2) is 0 Å². The number of ketones is 1. The third-order valence-corrected chi connectivity index (χ3v) is 1.99. The van der Waals surface area contributed by atoms with Crippen LogP contribution in [0.3, 0.4) is 0 Å². The van der Waals surface area contributed by atoms with Gasteiger partial charge in [0.1, 0.15) is 5.75 Å². The summed E-state index contributed by atoms with van der Waals surface area (Å²) in [7, 11) is 0. The summed E-state index contributed by atoms with van der Waals surface area (Å²) in [5.41, 5.74) is 5.51. The zero-order valence-electron chi connectivity index (χ0n) is 6.55. The molecule has 0 saturated heterocycles. The molecule has 3 N–H and O–H groups in total. The van der Waals surface area contributed by atoms with Crippen molar-refractivity contribution in [2.45, 2.75) is 0 Å². The Morgan fingerprint density at radius 3 is 2.69 bits per heavy atom. The molecule has 0 aliphatic rings. The summed E-state index contributed by atoms with van der Waals surface area (Å²) in [6, 6.07) is 2.69. The third kappa shape index (κ3) is 2.05. The maximum atomic E-state index is 11.1. The number of rotatable bonds is 2. The molecule has 0 radical (unpaired) electrons. The Labute approximate surface area is 85.1 Å². The summed E-state index contributed by atoms with van der Waals surface area (Å²) >= 11 is 11.0. The SMILES string of the molecule is Nc1cc(Cl)cc(C(=O)CCl)c1O. The van der Waals surface area contributed by atoms with Crippen molar-refractivity contribution in [1.29, 1.82) is 0 Å². The quantitative estimate of drug-likeness (QED) is 0.347. The first-order valence-corrected chi connectivity index (χ1v) is 4.34. The van der Waals surface area contributed by atoms with Crippen molar-refractivity contribution in [2.75, 3.05) is 11.6 Å². The Morgan fingerprint density at radius 2 is 2.15 bits per heavy atom. The van der Waals surface area contributed by atoms with E-state index in [1.165, 1.54) is 12.1 Å². The number of phenols is 1. The maximum absolute atomic E-state index is 11.1. The van der Waals surface area contributed by atoms with Gasteiger partial charge in [-0.3, -0.25) is 4.79 Å². The molecule has 0 bridgehead atoms. The van der Waals surface area contributed by atoms with Crippen molar-refractivity contribution in [3.8, 4) is 5.75 Å². The molecule has 0 atom stereocenters. The van der Waals surface area contributed by atoms with Crippen molar-refractivity contribution < 1.29 is 9.90 Å². The van der Waals surface area contributed by atoms with Crippen molar-refractivity contribution in [3.63, 3.8) is 0 Å². The zero-order valence-corrected chi connectivity index (χ0v) is 8.06. The molecule has 0 amide bonds. The molecule has 0 unspecified atom stereocenters. The highest BCUT2D eigenvalue weighted by atomic mass is 35.5. The first-order valence-electron chi connectivity index (χ1n) is 3.43. The molecular formula is C8H7Cl2NO2. The summed E-state index contributed by atoms with van der Waals surface area (Å²) < 4.78 is 0. The monoisotopic (exact) mass is 219 g/mol. The summed E-state index contributed by atoms with van der Waals surface area (Å²) in [5.74, 6) is -0.892. The van der Waals surface area contributed by atoms with Gasteiger partial charge in [0, 0.05) is 5.02 Å². The number of Topliss-reactive ketones (excluding diaryl/α,β-unsaturated/α-hetero) is 1. The van der Waals surface area contributed by atoms with E-state index in [2.05, 4.69) is 0 Å². The number of alkyl halides is 1. The lowest BCUT2D eigenvalue weighted by Crippen LogP contribution is -2.02. The lowest BCUT2D eigenvalue weighted by atomic mass is 10.1. The van der Waals surface area contributed by atoms with Crippen molar-refractivity contribution >= 4 is 34.7 Å². The minimum absolute atomic E-state index is 0.0556. The summed E-state index contributed by atoms with van der Waals surface area (Å²) in [6.07, 6.45) is 0. The number of halogens is 2. The van der Waals surface area contributed by atoms with Gasteiger partial charge < -0.3 is 10.8 Å². The molecule has 5 heteroatoms. The van der Waals surface area contributed by atoms with Crippen LogP contribution in [0.2, 0.25) is 5.02 Å². The van der Waals surface area contributed by atoms with E-state index < -0.39 is 5.78 Å². The molecule has 70 valence electrons. The van der Waals surface area contributed by atoms with Crippen molar-refractivity contribution in [3.05, 3.63) is 22.7 Å². The summed E-state index contributed by atoms with van der Waals surface area (Å²) in [6.45, 7) is 0. The summed E-state index contributed by atoms with van der Waals surface area (Å²) in [5, 5.41) is 9.66. The second-order valence-electron chi connectivity index (χ2n) is 2.45. The smallest absolute Gasteiger partial charge is 0.181 e. The van der Waals surface area contributed by atoms with Gasteiger partial charge in [0.2, 0.25) is 0 Å². The van der Waals surface area contributed by atoms with Crippen LogP contribution >= 0.6 is 23.2 Å². The molecular weight excluding hydrogens is 213 g/mol. The minimum Gasteiger partial charge on any atom is -0.505 e. The second kappa shape index (κ2) is 3.85. The predicted molar refractivity (Wildman–Crippen MR) is 52.6 cm³/mol. The van der Waals surface area contributed by atoms with E-state index in [9.17, 15) is 9.90 Å². The lowest BCUT2D eigenvalue weighted by molar-refractivity contribution is 0.101. The number of hydrogen-bond donors (Lipinski definition) is 2. The summed E-state index contributed by atoms with van der Waals surface area (Å²) in [4.78, 5) is 11.1. The van der Waals surface area contributed by atoms with E-state index in [0.717, 1.165) is 0 Å². The molecule has 1 rings (SSSR count). The molecule has 3 nitrogen and oxygen atoms in total. The number of hydrogen-bond acceptors (Lipinski definition) is 3. The normalized spacial score (nSPS) is 10.0. The largest absolute Gasteiger partial charge is 0.505 e. The molecule has 0 saturated carbocycles. The van der Waals surface area contributed by atoms with Gasteiger partial charge in [-0.2, -0.15) is 0 Å². The minimum atomic E-state index is -0.409. The molecule has 0 aliphatic heterocycles. The standard InChI is InChI=1S/C8H7Cl2NO2/c9-3-7(12)5-1-4(10)2-6(11)8(5)13/h1-2,13H,3,11H2. The number of carbonyl (C=O) groups is 1. The Kier molecular flexibility index (Phi) is 3.01. The highest BCUT2D eigenvalue weighted by Crippen LogP contribution is 2.29. The van der Waals surface area contributed by atoms with Crippen LogP contribution in [0.15, 0.2) is 12.1 Å². The van der Waals surface area contributed by atoms with Gasteiger partial charge in [0.15, 0.2) is 5.78 Å². The van der Waals surface area contributed by atoms with Crippen LogP contribution in [-0.4, -0.2) is 16.8 Å². The number of carbonyl (C=O) groups excluding carboxylic acids is 1. The van der Waals surface area contributed by atoms with E-state index in [4.69, 9.17) is 28.9 Å². The van der Waals surface area contributed by atoms with Crippen molar-refractivity contribution in [1.82, 2.24) is 0 Å². The third-order valence-electron chi connectivity index (χ3n) is 1.53. The molecule has 0 spiro atoms. The fraction of sp³-hybridized carbons (Fsp3) is 0.125. The average Bonchev–Trinajstić information content (AvgIpc) is 2.10. The van der Waals surface area contributed by atoms with Gasteiger partial charge >= 0.3 is 0 Å². The molecule has 1 aromatic carbocycles. The molecule has 13 heavy (non-hydrogen) atoms. The van der Waals surface area contributed by atoms with E-state index in [-0.39, 0.29) is 22.9 Å². The number of anilines is 1. The van der Waals surface area contributed by atoms with Gasteiger partial charge in [-0.1, -0.05) is 11.6 Å². The highest BCUT2D eigenvalue weighted by molar-refractivity contribution is 6.33. The molecule has 0 aromatic heterocycles. The number of nitrogens with two attached hydrogens (primary N) is 1. The van der Waals surface area contributed by atoms with E-state index in [0.29, 0.717) is 5.02 Å².